The minimum Gasteiger partial charge on any atom is -0.390 e. The zero-order valence-corrected chi connectivity index (χ0v) is 11.5. The maximum atomic E-state index is 12.0. The van der Waals surface area contributed by atoms with Crippen molar-refractivity contribution >= 4 is 17.5 Å². The SMILES string of the molecule is CN1CC(=O)N(c2ccc(CC3(O)CC3)cc2)CC1=O. The van der Waals surface area contributed by atoms with E-state index < -0.39 is 5.60 Å². The van der Waals surface area contributed by atoms with E-state index in [0.29, 0.717) is 6.42 Å². The number of piperazine rings is 1. The van der Waals surface area contributed by atoms with Crippen LogP contribution >= 0.6 is 0 Å². The highest BCUT2D eigenvalue weighted by Crippen LogP contribution is 2.38. The summed E-state index contributed by atoms with van der Waals surface area (Å²) in [6.07, 6.45) is 2.38. The summed E-state index contributed by atoms with van der Waals surface area (Å²) in [5, 5.41) is 9.89. The number of rotatable bonds is 3. The summed E-state index contributed by atoms with van der Waals surface area (Å²) in [5.41, 5.74) is 1.28. The van der Waals surface area contributed by atoms with Gasteiger partial charge in [-0.2, -0.15) is 0 Å². The van der Waals surface area contributed by atoms with Crippen LogP contribution in [0.5, 0.6) is 0 Å². The van der Waals surface area contributed by atoms with Crippen molar-refractivity contribution < 1.29 is 14.7 Å². The molecule has 1 aliphatic heterocycles. The maximum absolute atomic E-state index is 12.0. The van der Waals surface area contributed by atoms with Crippen LogP contribution in [0.3, 0.4) is 0 Å². The Labute approximate surface area is 117 Å². The van der Waals surface area contributed by atoms with E-state index in [1.54, 1.807) is 7.05 Å². The molecular formula is C15H18N2O3. The molecule has 2 fully saturated rings. The van der Waals surface area contributed by atoms with Gasteiger partial charge in [-0.25, -0.2) is 0 Å². The van der Waals surface area contributed by atoms with Crippen LogP contribution in [0.2, 0.25) is 0 Å². The Kier molecular flexibility index (Phi) is 3.01. The first-order chi connectivity index (χ1) is 9.47. The van der Waals surface area contributed by atoms with Gasteiger partial charge in [0.15, 0.2) is 0 Å². The molecule has 1 aromatic rings. The van der Waals surface area contributed by atoms with E-state index in [1.807, 2.05) is 24.3 Å². The van der Waals surface area contributed by atoms with Gasteiger partial charge in [0.05, 0.1) is 12.1 Å². The number of aliphatic hydroxyl groups is 1. The van der Waals surface area contributed by atoms with Crippen molar-refractivity contribution in [1.82, 2.24) is 4.90 Å². The number of hydrogen-bond donors (Lipinski definition) is 1. The average molecular weight is 274 g/mol. The normalized spacial score (nSPS) is 21.3. The van der Waals surface area contributed by atoms with Crippen LogP contribution in [0.1, 0.15) is 18.4 Å². The lowest BCUT2D eigenvalue weighted by molar-refractivity contribution is -0.136. The minimum absolute atomic E-state index is 0.0547. The van der Waals surface area contributed by atoms with Crippen molar-refractivity contribution in [3.8, 4) is 0 Å². The van der Waals surface area contributed by atoms with E-state index in [1.165, 1.54) is 9.80 Å². The molecule has 1 saturated heterocycles. The van der Waals surface area contributed by atoms with E-state index in [2.05, 4.69) is 0 Å². The zero-order valence-electron chi connectivity index (χ0n) is 11.5. The van der Waals surface area contributed by atoms with Crippen molar-refractivity contribution in [2.75, 3.05) is 25.0 Å². The van der Waals surface area contributed by atoms with Crippen LogP contribution in [-0.2, 0) is 16.0 Å². The van der Waals surface area contributed by atoms with E-state index in [9.17, 15) is 14.7 Å². The molecule has 1 N–H and O–H groups in total. The third kappa shape index (κ3) is 2.54. The fraction of sp³-hybridized carbons (Fsp3) is 0.467. The second-order valence-electron chi connectivity index (χ2n) is 5.80. The molecule has 0 aromatic heterocycles. The molecule has 2 aliphatic rings. The molecule has 20 heavy (non-hydrogen) atoms. The molecular weight excluding hydrogens is 256 g/mol. The Bertz CT molecular complexity index is 549. The molecule has 1 aliphatic carbocycles. The Morgan fingerprint density at radius 3 is 2.35 bits per heavy atom. The number of likely N-dealkylation sites (N-methyl/N-ethyl adjacent to an activating group) is 1. The van der Waals surface area contributed by atoms with Gasteiger partial charge >= 0.3 is 0 Å². The summed E-state index contributed by atoms with van der Waals surface area (Å²) >= 11 is 0. The van der Waals surface area contributed by atoms with Crippen LogP contribution in [0.15, 0.2) is 24.3 Å². The first kappa shape index (κ1) is 13.1. The van der Waals surface area contributed by atoms with Gasteiger partial charge in [-0.3, -0.25) is 9.59 Å². The van der Waals surface area contributed by atoms with Crippen molar-refractivity contribution in [2.45, 2.75) is 24.9 Å². The number of hydrogen-bond acceptors (Lipinski definition) is 3. The van der Waals surface area contributed by atoms with Gasteiger partial charge < -0.3 is 14.9 Å². The molecule has 1 saturated carbocycles. The third-order valence-electron chi connectivity index (χ3n) is 4.00. The van der Waals surface area contributed by atoms with Crippen molar-refractivity contribution in [2.24, 2.45) is 0 Å². The van der Waals surface area contributed by atoms with Crippen molar-refractivity contribution in [1.29, 1.82) is 0 Å². The molecule has 0 atom stereocenters. The maximum Gasteiger partial charge on any atom is 0.247 e. The lowest BCUT2D eigenvalue weighted by Crippen LogP contribution is -2.52. The van der Waals surface area contributed by atoms with Gasteiger partial charge in [0.1, 0.15) is 6.54 Å². The van der Waals surface area contributed by atoms with E-state index in [0.717, 1.165) is 24.1 Å². The smallest absolute Gasteiger partial charge is 0.247 e. The highest BCUT2D eigenvalue weighted by atomic mass is 16.3. The first-order valence-electron chi connectivity index (χ1n) is 6.83. The second-order valence-corrected chi connectivity index (χ2v) is 5.80. The standard InChI is InChI=1S/C15H18N2O3/c1-16-9-14(19)17(10-13(16)18)12-4-2-11(3-5-12)8-15(20)6-7-15/h2-5,20H,6-10H2,1H3. The minimum atomic E-state index is -0.513. The van der Waals surface area contributed by atoms with Crippen LogP contribution < -0.4 is 4.90 Å². The number of benzene rings is 1. The van der Waals surface area contributed by atoms with Crippen LogP contribution in [0.25, 0.3) is 0 Å². The number of carbonyl (C=O) groups excluding carboxylic acids is 2. The number of anilines is 1. The summed E-state index contributed by atoms with van der Waals surface area (Å²) < 4.78 is 0. The van der Waals surface area contributed by atoms with Crippen molar-refractivity contribution in [3.05, 3.63) is 29.8 Å². The molecule has 5 nitrogen and oxygen atoms in total. The van der Waals surface area contributed by atoms with Gasteiger partial charge in [0.2, 0.25) is 11.8 Å². The molecule has 1 aromatic carbocycles. The fourth-order valence-corrected chi connectivity index (χ4v) is 2.45. The second kappa shape index (κ2) is 4.59. The number of nitrogens with zero attached hydrogens (tertiary/aromatic N) is 2. The number of amides is 2. The lowest BCUT2D eigenvalue weighted by Gasteiger charge is -2.31. The van der Waals surface area contributed by atoms with Gasteiger partial charge in [0, 0.05) is 19.2 Å². The predicted octanol–water partition coefficient (Wildman–Crippen LogP) is 0.559. The summed E-state index contributed by atoms with van der Waals surface area (Å²) in [6, 6.07) is 7.53. The molecule has 2 amide bonds. The van der Waals surface area contributed by atoms with Gasteiger partial charge in [-0.05, 0) is 30.5 Å². The molecule has 106 valence electrons. The Balaban J connectivity index is 1.73. The first-order valence-corrected chi connectivity index (χ1v) is 6.83. The molecule has 0 spiro atoms. The Morgan fingerprint density at radius 1 is 1.10 bits per heavy atom. The fourth-order valence-electron chi connectivity index (χ4n) is 2.45. The topological polar surface area (TPSA) is 60.9 Å². The Hall–Kier alpha value is -1.88. The quantitative estimate of drug-likeness (QED) is 0.876. The van der Waals surface area contributed by atoms with Crippen molar-refractivity contribution in [3.63, 3.8) is 0 Å². The summed E-state index contributed by atoms with van der Waals surface area (Å²) in [5.74, 6) is -0.123. The summed E-state index contributed by atoms with van der Waals surface area (Å²) in [4.78, 5) is 26.6. The largest absolute Gasteiger partial charge is 0.390 e. The van der Waals surface area contributed by atoms with Crippen LogP contribution in [0, 0.1) is 0 Å². The highest BCUT2D eigenvalue weighted by molar-refractivity contribution is 6.04. The average Bonchev–Trinajstić information content (AvgIpc) is 3.12. The predicted molar refractivity (Wildman–Crippen MR) is 74.3 cm³/mol. The Morgan fingerprint density at radius 2 is 1.75 bits per heavy atom. The molecule has 0 radical (unpaired) electrons. The van der Waals surface area contributed by atoms with Gasteiger partial charge in [-0.15, -0.1) is 0 Å². The van der Waals surface area contributed by atoms with E-state index >= 15 is 0 Å². The number of carbonyl (C=O) groups is 2. The third-order valence-corrected chi connectivity index (χ3v) is 4.00. The van der Waals surface area contributed by atoms with E-state index in [4.69, 9.17) is 0 Å². The molecule has 0 bridgehead atoms. The van der Waals surface area contributed by atoms with E-state index in [-0.39, 0.29) is 24.9 Å². The lowest BCUT2D eigenvalue weighted by atomic mass is 10.1. The molecule has 5 heteroatoms. The van der Waals surface area contributed by atoms with Crippen LogP contribution in [-0.4, -0.2) is 47.6 Å². The zero-order chi connectivity index (χ0) is 14.3. The monoisotopic (exact) mass is 274 g/mol. The molecule has 1 heterocycles. The van der Waals surface area contributed by atoms with Gasteiger partial charge in [0.25, 0.3) is 0 Å². The summed E-state index contributed by atoms with van der Waals surface area (Å²) in [6.45, 7) is 0.221. The molecule has 3 rings (SSSR count). The molecule has 0 unspecified atom stereocenters. The summed E-state index contributed by atoms with van der Waals surface area (Å²) in [7, 11) is 1.64. The van der Waals surface area contributed by atoms with Gasteiger partial charge in [-0.1, -0.05) is 12.1 Å². The highest BCUT2D eigenvalue weighted by Gasteiger charge is 2.40. The van der Waals surface area contributed by atoms with Crippen LogP contribution in [0.4, 0.5) is 5.69 Å².